The highest BCUT2D eigenvalue weighted by Crippen LogP contribution is 2.39. The Morgan fingerprint density at radius 1 is 1.13 bits per heavy atom. The summed E-state index contributed by atoms with van der Waals surface area (Å²) in [5.41, 5.74) is 2.02. The lowest BCUT2D eigenvalue weighted by Gasteiger charge is -2.32. The first kappa shape index (κ1) is 14.2. The van der Waals surface area contributed by atoms with Gasteiger partial charge in [0.25, 0.3) is 0 Å². The molecule has 1 N–H and O–H groups in total. The van der Waals surface area contributed by atoms with Gasteiger partial charge in [-0.3, -0.25) is 0 Å². The number of benzene rings is 2. The molecule has 2 atom stereocenters. The molecular formula is C17H14ClFN4. The highest BCUT2D eigenvalue weighted by molar-refractivity contribution is 6.31. The molecule has 2 aromatic carbocycles. The van der Waals surface area contributed by atoms with Gasteiger partial charge in [-0.2, -0.15) is 10.1 Å². The summed E-state index contributed by atoms with van der Waals surface area (Å²) >= 11 is 6.34. The van der Waals surface area contributed by atoms with Crippen molar-refractivity contribution >= 4 is 17.5 Å². The summed E-state index contributed by atoms with van der Waals surface area (Å²) in [5.74, 6) is 0.444. The fourth-order valence-electron chi connectivity index (χ4n) is 3.04. The Morgan fingerprint density at radius 3 is 2.70 bits per heavy atom. The van der Waals surface area contributed by atoms with Crippen LogP contribution in [0.2, 0.25) is 5.02 Å². The average molecular weight is 329 g/mol. The molecular weight excluding hydrogens is 315 g/mol. The fourth-order valence-corrected chi connectivity index (χ4v) is 3.31. The molecule has 0 fully saturated rings. The van der Waals surface area contributed by atoms with Crippen molar-refractivity contribution in [1.29, 1.82) is 0 Å². The van der Waals surface area contributed by atoms with Gasteiger partial charge >= 0.3 is 0 Å². The van der Waals surface area contributed by atoms with Crippen LogP contribution in [0.5, 0.6) is 0 Å². The number of rotatable bonds is 2. The van der Waals surface area contributed by atoms with Crippen LogP contribution in [0.4, 0.5) is 10.3 Å². The maximum Gasteiger partial charge on any atom is 0.222 e. The summed E-state index contributed by atoms with van der Waals surface area (Å²) in [4.78, 5) is 4.28. The van der Waals surface area contributed by atoms with Crippen LogP contribution in [0.1, 0.15) is 29.6 Å². The molecule has 1 aliphatic heterocycles. The van der Waals surface area contributed by atoms with Crippen molar-refractivity contribution in [3.05, 3.63) is 76.8 Å². The van der Waals surface area contributed by atoms with Gasteiger partial charge in [-0.1, -0.05) is 41.9 Å². The van der Waals surface area contributed by atoms with E-state index in [9.17, 15) is 4.39 Å². The molecule has 0 saturated carbocycles. The van der Waals surface area contributed by atoms with Gasteiger partial charge in [0.2, 0.25) is 5.95 Å². The smallest absolute Gasteiger partial charge is 0.222 e. The maximum absolute atomic E-state index is 13.2. The van der Waals surface area contributed by atoms with Gasteiger partial charge in [-0.25, -0.2) is 9.07 Å². The van der Waals surface area contributed by atoms with Gasteiger partial charge in [0.05, 0.1) is 12.1 Å². The molecule has 2 heterocycles. The van der Waals surface area contributed by atoms with Crippen molar-refractivity contribution in [3.8, 4) is 0 Å². The molecule has 4 rings (SSSR count). The number of hydrogen-bond acceptors (Lipinski definition) is 3. The summed E-state index contributed by atoms with van der Waals surface area (Å²) in [6, 6.07) is 14.3. The van der Waals surface area contributed by atoms with E-state index in [1.807, 2.05) is 28.9 Å². The predicted octanol–water partition coefficient (Wildman–Crippen LogP) is 4.22. The Labute approximate surface area is 137 Å². The first-order chi connectivity index (χ1) is 11.2. The molecule has 1 aromatic heterocycles. The molecule has 2 unspecified atom stereocenters. The van der Waals surface area contributed by atoms with Crippen LogP contribution in [-0.4, -0.2) is 14.8 Å². The standard InChI is InChI=1S/C17H14ClFN4/c18-14-4-2-1-3-13(14)15-9-16(11-5-7-12(19)8-6-11)23-17(22-15)20-10-21-23/h1-8,10,15-16H,9H2,(H,20,21,22). The lowest BCUT2D eigenvalue weighted by molar-refractivity contribution is 0.430. The zero-order valence-corrected chi connectivity index (χ0v) is 12.9. The van der Waals surface area contributed by atoms with Gasteiger partial charge in [0.15, 0.2) is 0 Å². The largest absolute Gasteiger partial charge is 0.347 e. The van der Waals surface area contributed by atoms with Gasteiger partial charge in [0, 0.05) is 5.02 Å². The molecule has 1 aliphatic rings. The molecule has 0 amide bonds. The Kier molecular flexibility index (Phi) is 3.50. The summed E-state index contributed by atoms with van der Waals surface area (Å²) in [5, 5.41) is 8.40. The number of nitrogens with zero attached hydrogens (tertiary/aromatic N) is 3. The van der Waals surface area contributed by atoms with Crippen molar-refractivity contribution < 1.29 is 4.39 Å². The zero-order chi connectivity index (χ0) is 15.8. The highest BCUT2D eigenvalue weighted by Gasteiger charge is 2.30. The number of anilines is 1. The van der Waals surface area contributed by atoms with Crippen LogP contribution in [0, 0.1) is 5.82 Å². The lowest BCUT2D eigenvalue weighted by atomic mass is 9.93. The second-order valence-corrected chi connectivity index (χ2v) is 5.96. The highest BCUT2D eigenvalue weighted by atomic mass is 35.5. The molecule has 4 nitrogen and oxygen atoms in total. The molecule has 0 aliphatic carbocycles. The van der Waals surface area contributed by atoms with E-state index in [-0.39, 0.29) is 17.9 Å². The number of aromatic nitrogens is 3. The van der Waals surface area contributed by atoms with E-state index in [4.69, 9.17) is 11.6 Å². The Morgan fingerprint density at radius 2 is 1.91 bits per heavy atom. The minimum Gasteiger partial charge on any atom is -0.347 e. The number of halogens is 2. The molecule has 6 heteroatoms. The van der Waals surface area contributed by atoms with Crippen molar-refractivity contribution in [2.45, 2.75) is 18.5 Å². The van der Waals surface area contributed by atoms with E-state index in [1.165, 1.54) is 18.5 Å². The fraction of sp³-hybridized carbons (Fsp3) is 0.176. The minimum atomic E-state index is -0.246. The van der Waals surface area contributed by atoms with Crippen molar-refractivity contribution in [1.82, 2.24) is 14.8 Å². The lowest BCUT2D eigenvalue weighted by Crippen LogP contribution is -2.28. The second kappa shape index (κ2) is 5.66. The zero-order valence-electron chi connectivity index (χ0n) is 12.2. The average Bonchev–Trinajstić information content (AvgIpc) is 3.04. The van der Waals surface area contributed by atoms with Gasteiger partial charge < -0.3 is 5.32 Å². The van der Waals surface area contributed by atoms with Crippen LogP contribution in [0.3, 0.4) is 0 Å². The Bertz CT molecular complexity index is 831. The predicted molar refractivity (Wildman–Crippen MR) is 87.0 cm³/mol. The SMILES string of the molecule is Fc1ccc(C2CC(c3ccccc3Cl)Nc3ncnn32)cc1. The topological polar surface area (TPSA) is 42.7 Å². The second-order valence-electron chi connectivity index (χ2n) is 5.55. The summed E-state index contributed by atoms with van der Waals surface area (Å²) in [7, 11) is 0. The molecule has 0 radical (unpaired) electrons. The van der Waals surface area contributed by atoms with E-state index in [1.54, 1.807) is 12.1 Å². The van der Waals surface area contributed by atoms with Crippen molar-refractivity contribution in [2.24, 2.45) is 0 Å². The minimum absolute atomic E-state index is 0.0179. The summed E-state index contributed by atoms with van der Waals surface area (Å²) in [6.45, 7) is 0. The van der Waals surface area contributed by atoms with Gasteiger partial charge in [-0.05, 0) is 35.7 Å². The van der Waals surface area contributed by atoms with Gasteiger partial charge in [0.1, 0.15) is 12.1 Å². The van der Waals surface area contributed by atoms with E-state index >= 15 is 0 Å². The van der Waals surface area contributed by atoms with Crippen LogP contribution >= 0.6 is 11.6 Å². The molecule has 0 bridgehead atoms. The van der Waals surface area contributed by atoms with Crippen LogP contribution < -0.4 is 5.32 Å². The third-order valence-electron chi connectivity index (χ3n) is 4.17. The molecule has 0 saturated heterocycles. The quantitative estimate of drug-likeness (QED) is 0.766. The van der Waals surface area contributed by atoms with Gasteiger partial charge in [-0.15, -0.1) is 0 Å². The molecule has 23 heavy (non-hydrogen) atoms. The summed E-state index contributed by atoms with van der Waals surface area (Å²) in [6.07, 6.45) is 2.28. The van der Waals surface area contributed by atoms with Crippen LogP contribution in [0.15, 0.2) is 54.9 Å². The normalized spacial score (nSPS) is 19.9. The number of fused-ring (bicyclic) bond motifs is 1. The third kappa shape index (κ3) is 2.57. The molecule has 0 spiro atoms. The number of hydrogen-bond donors (Lipinski definition) is 1. The van der Waals surface area contributed by atoms with E-state index < -0.39 is 0 Å². The molecule has 3 aromatic rings. The van der Waals surface area contributed by atoms with Crippen LogP contribution in [-0.2, 0) is 0 Å². The maximum atomic E-state index is 13.2. The van der Waals surface area contributed by atoms with Crippen LogP contribution in [0.25, 0.3) is 0 Å². The molecule has 116 valence electrons. The van der Waals surface area contributed by atoms with E-state index in [2.05, 4.69) is 15.4 Å². The monoisotopic (exact) mass is 328 g/mol. The van der Waals surface area contributed by atoms with E-state index in [0.717, 1.165) is 22.6 Å². The van der Waals surface area contributed by atoms with E-state index in [0.29, 0.717) is 5.95 Å². The number of nitrogens with one attached hydrogen (secondary N) is 1. The van der Waals surface area contributed by atoms with Crippen molar-refractivity contribution in [3.63, 3.8) is 0 Å². The third-order valence-corrected chi connectivity index (χ3v) is 4.51. The first-order valence-electron chi connectivity index (χ1n) is 7.38. The Hall–Kier alpha value is -2.40. The Balaban J connectivity index is 1.75. The van der Waals surface area contributed by atoms with Crippen molar-refractivity contribution in [2.75, 3.05) is 5.32 Å². The first-order valence-corrected chi connectivity index (χ1v) is 7.76. The summed E-state index contributed by atoms with van der Waals surface area (Å²) < 4.78 is 15.1.